The van der Waals surface area contributed by atoms with Gasteiger partial charge in [0.15, 0.2) is 0 Å². The lowest BCUT2D eigenvalue weighted by atomic mass is 10.2. The predicted octanol–water partition coefficient (Wildman–Crippen LogP) is 2.05. The molecule has 90 valence electrons. The van der Waals surface area contributed by atoms with Gasteiger partial charge in [-0.05, 0) is 31.0 Å². The lowest BCUT2D eigenvalue weighted by molar-refractivity contribution is 0.246. The number of benzene rings is 1. The molecule has 0 radical (unpaired) electrons. The van der Waals surface area contributed by atoms with Gasteiger partial charge in [0.25, 0.3) is 0 Å². The quantitative estimate of drug-likeness (QED) is 0.749. The Hall–Kier alpha value is -1.36. The van der Waals surface area contributed by atoms with Gasteiger partial charge >= 0.3 is 6.03 Å². The molecule has 0 aromatic heterocycles. The van der Waals surface area contributed by atoms with E-state index in [4.69, 9.17) is 5.73 Å². The van der Waals surface area contributed by atoms with Crippen molar-refractivity contribution >= 4 is 29.2 Å². The molecular formula is C12H15N3OS. The van der Waals surface area contributed by atoms with Crippen LogP contribution >= 0.6 is 11.8 Å². The zero-order valence-electron chi connectivity index (χ0n) is 9.48. The van der Waals surface area contributed by atoms with E-state index in [1.165, 1.54) is 0 Å². The van der Waals surface area contributed by atoms with Crippen molar-refractivity contribution in [2.24, 2.45) is 0 Å². The summed E-state index contributed by atoms with van der Waals surface area (Å²) in [7, 11) is 0. The number of rotatable bonds is 1. The summed E-state index contributed by atoms with van der Waals surface area (Å²) in [6.07, 6.45) is 2.22. The van der Waals surface area contributed by atoms with E-state index in [-0.39, 0.29) is 6.03 Å². The first-order chi connectivity index (χ1) is 8.24. The largest absolute Gasteiger partial charge is 0.399 e. The molecule has 3 N–H and O–H groups in total. The highest BCUT2D eigenvalue weighted by atomic mass is 32.2. The fourth-order valence-electron chi connectivity index (χ4n) is 1.93. The van der Waals surface area contributed by atoms with E-state index >= 15 is 0 Å². The number of nitrogens with one attached hydrogen (secondary N) is 1. The molecule has 2 amide bonds. The van der Waals surface area contributed by atoms with Crippen LogP contribution in [0.1, 0.15) is 12.8 Å². The van der Waals surface area contributed by atoms with Crippen LogP contribution in [0.5, 0.6) is 0 Å². The number of hydrogen-bond acceptors (Lipinski definition) is 3. The van der Waals surface area contributed by atoms with E-state index in [1.807, 2.05) is 18.2 Å². The lowest BCUT2D eigenvalue weighted by Gasteiger charge is -2.29. The van der Waals surface area contributed by atoms with Crippen molar-refractivity contribution in [2.45, 2.75) is 23.8 Å². The van der Waals surface area contributed by atoms with Gasteiger partial charge in [-0.25, -0.2) is 4.79 Å². The molecule has 1 heterocycles. The maximum Gasteiger partial charge on any atom is 0.322 e. The van der Waals surface area contributed by atoms with Gasteiger partial charge in [0, 0.05) is 28.9 Å². The van der Waals surface area contributed by atoms with Gasteiger partial charge in [-0.2, -0.15) is 0 Å². The van der Waals surface area contributed by atoms with Gasteiger partial charge < -0.3 is 11.1 Å². The van der Waals surface area contributed by atoms with Gasteiger partial charge in [-0.15, -0.1) is 11.8 Å². The Morgan fingerprint density at radius 2 is 2.29 bits per heavy atom. The van der Waals surface area contributed by atoms with E-state index in [9.17, 15) is 4.79 Å². The second-order valence-electron chi connectivity index (χ2n) is 4.45. The maximum atomic E-state index is 12.1. The fraction of sp³-hybridized carbons (Fsp3) is 0.417. The molecule has 5 heteroatoms. The monoisotopic (exact) mass is 249 g/mol. The molecule has 1 aliphatic carbocycles. The van der Waals surface area contributed by atoms with Crippen molar-refractivity contribution in [2.75, 3.05) is 22.9 Å². The van der Waals surface area contributed by atoms with Gasteiger partial charge in [0.1, 0.15) is 0 Å². The maximum absolute atomic E-state index is 12.1. The number of thioether (sulfide) groups is 1. The number of nitrogen functional groups attached to an aromatic ring is 1. The number of carbonyl (C=O) groups excluding carboxylic acids is 1. The number of carbonyl (C=O) groups is 1. The van der Waals surface area contributed by atoms with Crippen molar-refractivity contribution in [3.8, 4) is 0 Å². The Kier molecular flexibility index (Phi) is 2.63. The smallest absolute Gasteiger partial charge is 0.322 e. The fourth-order valence-corrected chi connectivity index (χ4v) is 2.90. The number of anilines is 2. The average Bonchev–Trinajstić information content (AvgIpc) is 3.12. The summed E-state index contributed by atoms with van der Waals surface area (Å²) in [6, 6.07) is 6.16. The number of hydrogen-bond donors (Lipinski definition) is 2. The first-order valence-corrected chi connectivity index (χ1v) is 6.83. The van der Waals surface area contributed by atoms with Crippen LogP contribution < -0.4 is 16.0 Å². The number of urea groups is 1. The van der Waals surface area contributed by atoms with Gasteiger partial charge in [-0.3, -0.25) is 4.90 Å². The highest BCUT2D eigenvalue weighted by Crippen LogP contribution is 2.36. The summed E-state index contributed by atoms with van der Waals surface area (Å²) in [6.45, 7) is 0.750. The van der Waals surface area contributed by atoms with Gasteiger partial charge in [0.05, 0.1) is 5.69 Å². The molecule has 4 nitrogen and oxygen atoms in total. The Balaban J connectivity index is 1.86. The standard InChI is InChI=1S/C12H15N3OS/c13-8-1-4-11-10(7-8)15(5-6-17-11)12(16)14-9-2-3-9/h1,4,7,9H,2-3,5-6,13H2,(H,14,16). The molecular weight excluding hydrogens is 234 g/mol. The van der Waals surface area contributed by atoms with Crippen LogP contribution in [0.4, 0.5) is 16.2 Å². The molecule has 17 heavy (non-hydrogen) atoms. The Labute approximate surface area is 105 Å². The summed E-state index contributed by atoms with van der Waals surface area (Å²) in [5.41, 5.74) is 7.44. The van der Waals surface area contributed by atoms with E-state index in [1.54, 1.807) is 16.7 Å². The lowest BCUT2D eigenvalue weighted by Crippen LogP contribution is -2.43. The summed E-state index contributed by atoms with van der Waals surface area (Å²) >= 11 is 1.78. The van der Waals surface area contributed by atoms with Crippen LogP contribution in [0, 0.1) is 0 Å². The molecule has 0 bridgehead atoms. The summed E-state index contributed by atoms with van der Waals surface area (Å²) in [5.74, 6) is 0.939. The Bertz CT molecular complexity index is 459. The van der Waals surface area contributed by atoms with E-state index in [2.05, 4.69) is 5.32 Å². The number of amides is 2. The zero-order chi connectivity index (χ0) is 11.8. The SMILES string of the molecule is Nc1ccc2c(c1)N(C(=O)NC1CC1)CCS2. The average molecular weight is 249 g/mol. The molecule has 0 spiro atoms. The first kappa shape index (κ1) is 10.8. The van der Waals surface area contributed by atoms with Crippen LogP contribution in [0.15, 0.2) is 23.1 Å². The van der Waals surface area contributed by atoms with Crippen LogP contribution in [0.25, 0.3) is 0 Å². The minimum atomic E-state index is 0.0136. The highest BCUT2D eigenvalue weighted by Gasteiger charge is 2.28. The molecule has 1 fully saturated rings. The molecule has 0 atom stereocenters. The number of fused-ring (bicyclic) bond motifs is 1. The first-order valence-electron chi connectivity index (χ1n) is 5.84. The molecule has 1 aliphatic heterocycles. The van der Waals surface area contributed by atoms with Crippen LogP contribution in [0.2, 0.25) is 0 Å². The minimum absolute atomic E-state index is 0.0136. The highest BCUT2D eigenvalue weighted by molar-refractivity contribution is 7.99. The third-order valence-corrected chi connectivity index (χ3v) is 4.04. The van der Waals surface area contributed by atoms with Gasteiger partial charge in [-0.1, -0.05) is 0 Å². The third-order valence-electron chi connectivity index (χ3n) is 3.00. The normalized spacial score (nSPS) is 18.7. The van der Waals surface area contributed by atoms with Crippen molar-refractivity contribution < 1.29 is 4.79 Å². The summed E-state index contributed by atoms with van der Waals surface area (Å²) in [5, 5.41) is 3.02. The molecule has 1 aromatic carbocycles. The van der Waals surface area contributed by atoms with Gasteiger partial charge in [0.2, 0.25) is 0 Å². The second kappa shape index (κ2) is 4.14. The number of nitrogens with zero attached hydrogens (tertiary/aromatic N) is 1. The van der Waals surface area contributed by atoms with Crippen LogP contribution in [0.3, 0.4) is 0 Å². The molecule has 2 aliphatic rings. The van der Waals surface area contributed by atoms with Crippen LogP contribution in [-0.2, 0) is 0 Å². The van der Waals surface area contributed by atoms with Crippen molar-refractivity contribution in [1.82, 2.24) is 5.32 Å². The van der Waals surface area contributed by atoms with Crippen molar-refractivity contribution in [1.29, 1.82) is 0 Å². The topological polar surface area (TPSA) is 58.4 Å². The molecule has 0 unspecified atom stereocenters. The molecule has 0 saturated heterocycles. The van der Waals surface area contributed by atoms with Crippen molar-refractivity contribution in [3.63, 3.8) is 0 Å². The number of nitrogens with two attached hydrogens (primary N) is 1. The summed E-state index contributed by atoms with van der Waals surface area (Å²) < 4.78 is 0. The summed E-state index contributed by atoms with van der Waals surface area (Å²) in [4.78, 5) is 15.0. The molecule has 1 saturated carbocycles. The van der Waals surface area contributed by atoms with E-state index in [0.717, 1.165) is 35.7 Å². The second-order valence-corrected chi connectivity index (χ2v) is 5.59. The zero-order valence-corrected chi connectivity index (χ0v) is 10.3. The third kappa shape index (κ3) is 2.20. The Morgan fingerprint density at radius 3 is 3.06 bits per heavy atom. The van der Waals surface area contributed by atoms with Crippen molar-refractivity contribution in [3.05, 3.63) is 18.2 Å². The molecule has 1 aromatic rings. The van der Waals surface area contributed by atoms with E-state index in [0.29, 0.717) is 11.7 Å². The Morgan fingerprint density at radius 1 is 1.47 bits per heavy atom. The van der Waals surface area contributed by atoms with E-state index < -0.39 is 0 Å². The molecule has 3 rings (SSSR count). The minimum Gasteiger partial charge on any atom is -0.399 e. The predicted molar refractivity (Wildman–Crippen MR) is 70.5 cm³/mol. The van der Waals surface area contributed by atoms with Crippen LogP contribution in [-0.4, -0.2) is 24.4 Å².